The van der Waals surface area contributed by atoms with E-state index in [0.29, 0.717) is 12.1 Å². The lowest BCUT2D eigenvalue weighted by molar-refractivity contribution is -0.213. The summed E-state index contributed by atoms with van der Waals surface area (Å²) in [6, 6.07) is 7.09. The molecule has 0 aliphatic carbocycles. The molecule has 5 N–H and O–H groups in total. The van der Waals surface area contributed by atoms with Gasteiger partial charge in [0.1, 0.15) is 24.4 Å². The van der Waals surface area contributed by atoms with Gasteiger partial charge in [0.15, 0.2) is 0 Å². The summed E-state index contributed by atoms with van der Waals surface area (Å²) in [6.07, 6.45) is -3.62. The van der Waals surface area contributed by atoms with Gasteiger partial charge < -0.3 is 30.7 Å². The second-order valence-corrected chi connectivity index (χ2v) is 8.73. The summed E-state index contributed by atoms with van der Waals surface area (Å²) in [7, 11) is 0. The van der Waals surface area contributed by atoms with E-state index in [4.69, 9.17) is 4.74 Å². The number of carbonyl (C=O) groups excluding carboxylic acids is 2. The Bertz CT molecular complexity index is 715. The molecule has 1 unspecified atom stereocenters. The highest BCUT2D eigenvalue weighted by molar-refractivity contribution is 5.94. The van der Waals surface area contributed by atoms with Gasteiger partial charge in [-0.05, 0) is 29.5 Å². The van der Waals surface area contributed by atoms with Crippen molar-refractivity contribution in [3.05, 3.63) is 35.4 Å². The molecule has 0 spiro atoms. The van der Waals surface area contributed by atoms with Gasteiger partial charge in [-0.25, -0.2) is 0 Å². The molecule has 1 aromatic rings. The molecule has 1 saturated heterocycles. The van der Waals surface area contributed by atoms with Gasteiger partial charge in [-0.15, -0.1) is 0 Å². The maximum Gasteiger partial charge on any atom is 0.253 e. The fourth-order valence-electron chi connectivity index (χ4n) is 3.37. The minimum absolute atomic E-state index is 0.0578. The molecule has 168 valence electrons. The van der Waals surface area contributed by atoms with E-state index in [0.717, 1.165) is 18.4 Å². The zero-order valence-corrected chi connectivity index (χ0v) is 18.1. The third-order valence-electron chi connectivity index (χ3n) is 5.35. The summed E-state index contributed by atoms with van der Waals surface area (Å²) in [5.41, 5.74) is 1.38. The zero-order valence-electron chi connectivity index (χ0n) is 18.1. The van der Waals surface area contributed by atoms with Crippen LogP contribution < -0.4 is 10.6 Å². The second kappa shape index (κ2) is 10.3. The van der Waals surface area contributed by atoms with Crippen LogP contribution in [0.3, 0.4) is 0 Å². The van der Waals surface area contributed by atoms with Crippen LogP contribution in [0.2, 0.25) is 0 Å². The number of hydrogen-bond acceptors (Lipinski definition) is 6. The van der Waals surface area contributed by atoms with Crippen LogP contribution in [0.1, 0.15) is 56.5 Å². The molecule has 0 bridgehead atoms. The third-order valence-corrected chi connectivity index (χ3v) is 5.35. The highest BCUT2D eigenvalue weighted by atomic mass is 16.5. The number of hydrogen-bond donors (Lipinski definition) is 5. The van der Waals surface area contributed by atoms with Crippen molar-refractivity contribution in [3.8, 4) is 0 Å². The van der Waals surface area contributed by atoms with Crippen LogP contribution in [0.4, 0.5) is 0 Å². The number of carbonyl (C=O) groups is 2. The van der Waals surface area contributed by atoms with Crippen molar-refractivity contribution in [2.24, 2.45) is 5.92 Å². The molecule has 8 heteroatoms. The normalized spacial score (nSPS) is 26.8. The minimum atomic E-state index is -1.49. The Balaban J connectivity index is 2.18. The minimum Gasteiger partial charge on any atom is -0.394 e. The molecule has 2 rings (SSSR count). The van der Waals surface area contributed by atoms with Crippen molar-refractivity contribution in [2.75, 3.05) is 13.2 Å². The van der Waals surface area contributed by atoms with Gasteiger partial charge in [-0.3, -0.25) is 9.59 Å². The molecule has 2 amide bonds. The first-order valence-corrected chi connectivity index (χ1v) is 10.4. The lowest BCUT2D eigenvalue weighted by atomic mass is 9.86. The maximum atomic E-state index is 12.8. The summed E-state index contributed by atoms with van der Waals surface area (Å²) in [6.45, 7) is 8.04. The summed E-state index contributed by atoms with van der Waals surface area (Å²) < 4.78 is 5.58. The van der Waals surface area contributed by atoms with Crippen LogP contribution in [0.25, 0.3) is 0 Å². The standard InChI is InChI=1S/C22H34N2O6/c1-5-6-11-23-20(29)16-18(27)17(26)15(12-25)30-21(16)24-19(28)13-7-9-14(10-8-13)22(2,3)4/h7-10,15-18,21,25-27H,5-6,11-12H2,1-4H3,(H,23,29)(H,24,28)/t15-,16?,17-,18-,21-/m1/s1. The largest absolute Gasteiger partial charge is 0.394 e. The van der Waals surface area contributed by atoms with Gasteiger partial charge in [-0.2, -0.15) is 0 Å². The van der Waals surface area contributed by atoms with E-state index in [2.05, 4.69) is 31.4 Å². The Labute approximate surface area is 177 Å². The number of nitrogens with one attached hydrogen (secondary N) is 2. The second-order valence-electron chi connectivity index (χ2n) is 8.73. The molecule has 0 radical (unpaired) electrons. The van der Waals surface area contributed by atoms with Gasteiger partial charge in [0.05, 0.1) is 12.7 Å². The fourth-order valence-corrected chi connectivity index (χ4v) is 3.37. The highest BCUT2D eigenvalue weighted by Crippen LogP contribution is 2.26. The molecule has 0 saturated carbocycles. The van der Waals surface area contributed by atoms with Crippen LogP contribution in [0.15, 0.2) is 24.3 Å². The number of aliphatic hydroxyl groups excluding tert-OH is 3. The van der Waals surface area contributed by atoms with Crippen molar-refractivity contribution in [2.45, 2.75) is 70.5 Å². The molecule has 1 fully saturated rings. The molecule has 0 aromatic heterocycles. The number of rotatable bonds is 7. The van der Waals surface area contributed by atoms with Crippen LogP contribution in [-0.2, 0) is 14.9 Å². The number of aliphatic hydroxyl groups is 3. The van der Waals surface area contributed by atoms with Crippen molar-refractivity contribution in [3.63, 3.8) is 0 Å². The van der Waals surface area contributed by atoms with Gasteiger partial charge in [0.2, 0.25) is 5.91 Å². The first-order valence-electron chi connectivity index (χ1n) is 10.4. The van der Waals surface area contributed by atoms with Crippen LogP contribution in [0.5, 0.6) is 0 Å². The van der Waals surface area contributed by atoms with E-state index in [-0.39, 0.29) is 5.41 Å². The highest BCUT2D eigenvalue weighted by Gasteiger charge is 2.48. The van der Waals surface area contributed by atoms with Crippen LogP contribution >= 0.6 is 0 Å². The number of benzene rings is 1. The maximum absolute atomic E-state index is 12.8. The van der Waals surface area contributed by atoms with E-state index in [9.17, 15) is 24.9 Å². The molecular formula is C22H34N2O6. The van der Waals surface area contributed by atoms with E-state index < -0.39 is 48.9 Å². The molecule has 1 aliphatic rings. The van der Waals surface area contributed by atoms with E-state index in [1.807, 2.05) is 19.1 Å². The lowest BCUT2D eigenvalue weighted by Crippen LogP contribution is -2.64. The van der Waals surface area contributed by atoms with Crippen LogP contribution in [0, 0.1) is 5.92 Å². The average molecular weight is 423 g/mol. The van der Waals surface area contributed by atoms with E-state index in [1.165, 1.54) is 0 Å². The monoisotopic (exact) mass is 422 g/mol. The fraction of sp³-hybridized carbons (Fsp3) is 0.636. The number of unbranched alkanes of at least 4 members (excludes halogenated alkanes) is 1. The number of amides is 2. The SMILES string of the molecule is CCCCNC(=O)C1[C@H](NC(=O)c2ccc(C(C)(C)C)cc2)O[C@H](CO)[C@@H](O)[C@@H]1O. The van der Waals surface area contributed by atoms with Gasteiger partial charge in [0, 0.05) is 12.1 Å². The molecule has 1 aliphatic heterocycles. The summed E-state index contributed by atoms with van der Waals surface area (Å²) in [5.74, 6) is -2.22. The smallest absolute Gasteiger partial charge is 0.253 e. The van der Waals surface area contributed by atoms with Crippen molar-refractivity contribution in [1.29, 1.82) is 0 Å². The Morgan fingerprint density at radius 3 is 2.27 bits per heavy atom. The molecular weight excluding hydrogens is 388 g/mol. The van der Waals surface area contributed by atoms with Crippen molar-refractivity contribution in [1.82, 2.24) is 10.6 Å². The molecule has 1 aromatic carbocycles. The first kappa shape index (κ1) is 24.3. The molecule has 8 nitrogen and oxygen atoms in total. The Hall–Kier alpha value is -2.00. The molecule has 1 heterocycles. The average Bonchev–Trinajstić information content (AvgIpc) is 2.70. The van der Waals surface area contributed by atoms with Gasteiger partial charge >= 0.3 is 0 Å². The van der Waals surface area contributed by atoms with E-state index in [1.54, 1.807) is 12.1 Å². The summed E-state index contributed by atoms with van der Waals surface area (Å²) in [4.78, 5) is 25.4. The Kier molecular flexibility index (Phi) is 8.37. The van der Waals surface area contributed by atoms with Gasteiger partial charge in [0.25, 0.3) is 5.91 Å². The summed E-state index contributed by atoms with van der Waals surface area (Å²) in [5, 5.41) is 35.4. The lowest BCUT2D eigenvalue weighted by Gasteiger charge is -2.41. The summed E-state index contributed by atoms with van der Waals surface area (Å²) >= 11 is 0. The van der Waals surface area contributed by atoms with Crippen molar-refractivity contribution >= 4 is 11.8 Å². The quantitative estimate of drug-likeness (QED) is 0.411. The predicted octanol–water partition coefficient (Wildman–Crippen LogP) is 0.685. The zero-order chi connectivity index (χ0) is 22.5. The third kappa shape index (κ3) is 5.78. The number of ether oxygens (including phenoxy) is 1. The van der Waals surface area contributed by atoms with Crippen LogP contribution in [-0.4, -0.2) is 64.8 Å². The van der Waals surface area contributed by atoms with E-state index >= 15 is 0 Å². The molecule has 5 atom stereocenters. The Morgan fingerprint density at radius 1 is 1.10 bits per heavy atom. The Morgan fingerprint density at radius 2 is 1.73 bits per heavy atom. The van der Waals surface area contributed by atoms with Gasteiger partial charge in [-0.1, -0.05) is 46.2 Å². The predicted molar refractivity (Wildman–Crippen MR) is 112 cm³/mol. The molecule has 30 heavy (non-hydrogen) atoms. The van der Waals surface area contributed by atoms with Crippen molar-refractivity contribution < 1.29 is 29.6 Å². The topological polar surface area (TPSA) is 128 Å². The first-order chi connectivity index (χ1) is 14.1.